The molecule has 88 valence electrons. The molecule has 0 N–H and O–H groups in total. The first-order valence-electron chi connectivity index (χ1n) is 4.93. The van der Waals surface area contributed by atoms with E-state index in [1.807, 2.05) is 0 Å². The van der Waals surface area contributed by atoms with Gasteiger partial charge in [0.15, 0.2) is 11.5 Å². The van der Waals surface area contributed by atoms with Crippen LogP contribution in [0.1, 0.15) is 12.5 Å². The third kappa shape index (κ3) is 2.85. The zero-order chi connectivity index (χ0) is 12.1. The number of hydrogen-bond donors (Lipinski definition) is 0. The topological polar surface area (TPSA) is 61.6 Å². The van der Waals surface area contributed by atoms with Crippen LogP contribution >= 0.6 is 0 Å². The van der Waals surface area contributed by atoms with Gasteiger partial charge in [0.2, 0.25) is 6.04 Å². The van der Waals surface area contributed by atoms with Crippen molar-refractivity contribution in [2.75, 3.05) is 14.2 Å². The van der Waals surface area contributed by atoms with Crippen molar-refractivity contribution < 1.29 is 14.4 Å². The maximum atomic E-state index is 10.5. The second-order valence-electron chi connectivity index (χ2n) is 3.53. The Bertz CT molecular complexity index is 378. The fourth-order valence-electron chi connectivity index (χ4n) is 1.42. The van der Waals surface area contributed by atoms with Gasteiger partial charge in [0, 0.05) is 18.3 Å². The summed E-state index contributed by atoms with van der Waals surface area (Å²) in [6.45, 7) is 1.58. The van der Waals surface area contributed by atoms with E-state index in [2.05, 4.69) is 0 Å². The molecule has 0 saturated carbocycles. The number of nitro groups is 1. The van der Waals surface area contributed by atoms with E-state index in [-0.39, 0.29) is 4.92 Å². The molecule has 0 bridgehead atoms. The van der Waals surface area contributed by atoms with E-state index in [1.165, 1.54) is 0 Å². The molecule has 0 amide bonds. The van der Waals surface area contributed by atoms with Crippen molar-refractivity contribution in [2.45, 2.75) is 19.4 Å². The first-order valence-corrected chi connectivity index (χ1v) is 4.93. The molecule has 0 heterocycles. The molecule has 1 aromatic carbocycles. The van der Waals surface area contributed by atoms with E-state index in [0.29, 0.717) is 17.9 Å². The Morgan fingerprint density at radius 1 is 1.31 bits per heavy atom. The van der Waals surface area contributed by atoms with Crippen LogP contribution in [0.3, 0.4) is 0 Å². The lowest BCUT2D eigenvalue weighted by molar-refractivity contribution is -0.517. The molecule has 5 heteroatoms. The van der Waals surface area contributed by atoms with Crippen LogP contribution in [0.2, 0.25) is 0 Å². The zero-order valence-electron chi connectivity index (χ0n) is 9.60. The highest BCUT2D eigenvalue weighted by molar-refractivity contribution is 5.42. The van der Waals surface area contributed by atoms with Gasteiger partial charge in [0.05, 0.1) is 14.2 Å². The number of ether oxygens (including phenoxy) is 2. The molecule has 0 spiro atoms. The normalized spacial score (nSPS) is 11.9. The number of rotatable bonds is 5. The van der Waals surface area contributed by atoms with Crippen molar-refractivity contribution in [3.8, 4) is 11.5 Å². The molecule has 16 heavy (non-hydrogen) atoms. The fourth-order valence-corrected chi connectivity index (χ4v) is 1.42. The Morgan fingerprint density at radius 2 is 1.94 bits per heavy atom. The van der Waals surface area contributed by atoms with Crippen LogP contribution in [-0.4, -0.2) is 25.2 Å². The van der Waals surface area contributed by atoms with Crippen molar-refractivity contribution in [3.05, 3.63) is 33.9 Å². The summed E-state index contributed by atoms with van der Waals surface area (Å²) < 4.78 is 10.2. The molecule has 0 fully saturated rings. The Balaban J connectivity index is 2.86. The van der Waals surface area contributed by atoms with E-state index >= 15 is 0 Å². The smallest absolute Gasteiger partial charge is 0.214 e. The van der Waals surface area contributed by atoms with Gasteiger partial charge in [-0.2, -0.15) is 0 Å². The van der Waals surface area contributed by atoms with Crippen molar-refractivity contribution >= 4 is 0 Å². The fraction of sp³-hybridized carbons (Fsp3) is 0.455. The monoisotopic (exact) mass is 225 g/mol. The molecule has 1 aromatic rings. The molecule has 1 rings (SSSR count). The third-order valence-corrected chi connectivity index (χ3v) is 2.34. The summed E-state index contributed by atoms with van der Waals surface area (Å²) in [5, 5.41) is 10.5. The second-order valence-corrected chi connectivity index (χ2v) is 3.53. The summed E-state index contributed by atoms with van der Waals surface area (Å²) in [4.78, 5) is 10.2. The first kappa shape index (κ1) is 12.3. The summed E-state index contributed by atoms with van der Waals surface area (Å²) in [6, 6.07) is 4.72. The molecule has 5 nitrogen and oxygen atoms in total. The molecule has 0 aliphatic carbocycles. The Morgan fingerprint density at radius 3 is 2.44 bits per heavy atom. The van der Waals surface area contributed by atoms with Gasteiger partial charge in [-0.25, -0.2) is 0 Å². The first-order chi connectivity index (χ1) is 7.58. The highest BCUT2D eigenvalue weighted by Crippen LogP contribution is 2.28. The lowest BCUT2D eigenvalue weighted by Gasteiger charge is -2.10. The molecule has 0 aliphatic rings. The van der Waals surface area contributed by atoms with Crippen LogP contribution in [0.25, 0.3) is 0 Å². The predicted octanol–water partition coefficient (Wildman–Crippen LogP) is 1.91. The van der Waals surface area contributed by atoms with Gasteiger partial charge >= 0.3 is 0 Å². The maximum Gasteiger partial charge on any atom is 0.214 e. The predicted molar refractivity (Wildman–Crippen MR) is 59.7 cm³/mol. The van der Waals surface area contributed by atoms with Crippen LogP contribution in [0.4, 0.5) is 0 Å². The summed E-state index contributed by atoms with van der Waals surface area (Å²) in [5.74, 6) is 1.22. The van der Waals surface area contributed by atoms with Crippen LogP contribution in [-0.2, 0) is 6.42 Å². The Hall–Kier alpha value is -1.78. The van der Waals surface area contributed by atoms with Gasteiger partial charge in [-0.1, -0.05) is 6.07 Å². The second kappa shape index (κ2) is 5.34. The van der Waals surface area contributed by atoms with Crippen molar-refractivity contribution in [1.29, 1.82) is 0 Å². The quantitative estimate of drug-likeness (QED) is 0.567. The van der Waals surface area contributed by atoms with Gasteiger partial charge in [-0.05, 0) is 17.7 Å². The average molecular weight is 225 g/mol. The average Bonchev–Trinajstić information content (AvgIpc) is 2.28. The molecule has 0 radical (unpaired) electrons. The summed E-state index contributed by atoms with van der Waals surface area (Å²) in [6.07, 6.45) is 0.382. The number of hydrogen-bond acceptors (Lipinski definition) is 4. The SMILES string of the molecule is COc1ccc(C[C@H](C)[N+](=O)[O-])cc1OC. The van der Waals surface area contributed by atoms with Gasteiger partial charge in [0.25, 0.3) is 0 Å². The minimum absolute atomic E-state index is 0.295. The standard InChI is InChI=1S/C11H15NO4/c1-8(12(13)14)6-9-4-5-10(15-2)11(7-9)16-3/h4-5,7-8H,6H2,1-3H3/t8-/m0/s1. The molecule has 0 aliphatic heterocycles. The van der Waals surface area contributed by atoms with E-state index in [9.17, 15) is 10.1 Å². The number of benzene rings is 1. The van der Waals surface area contributed by atoms with Crippen molar-refractivity contribution in [1.82, 2.24) is 0 Å². The molecular formula is C11H15NO4. The molecule has 0 aromatic heterocycles. The zero-order valence-corrected chi connectivity index (χ0v) is 9.60. The van der Waals surface area contributed by atoms with Crippen LogP contribution in [0.5, 0.6) is 11.5 Å². The largest absolute Gasteiger partial charge is 0.493 e. The summed E-state index contributed by atoms with van der Waals surface area (Å²) in [7, 11) is 3.09. The number of nitrogens with zero attached hydrogens (tertiary/aromatic N) is 1. The minimum Gasteiger partial charge on any atom is -0.493 e. The van der Waals surface area contributed by atoms with E-state index < -0.39 is 6.04 Å². The van der Waals surface area contributed by atoms with Crippen molar-refractivity contribution in [3.63, 3.8) is 0 Å². The van der Waals surface area contributed by atoms with Crippen LogP contribution in [0, 0.1) is 10.1 Å². The lowest BCUT2D eigenvalue weighted by atomic mass is 10.1. The number of methoxy groups -OCH3 is 2. The van der Waals surface area contributed by atoms with Crippen LogP contribution < -0.4 is 9.47 Å². The highest BCUT2D eigenvalue weighted by Gasteiger charge is 2.14. The van der Waals surface area contributed by atoms with E-state index in [0.717, 1.165) is 5.56 Å². The molecule has 1 atom stereocenters. The summed E-state index contributed by atoms with van der Waals surface area (Å²) in [5.41, 5.74) is 0.863. The van der Waals surface area contributed by atoms with E-state index in [1.54, 1.807) is 39.3 Å². The Labute approximate surface area is 94.1 Å². The van der Waals surface area contributed by atoms with Gasteiger partial charge in [-0.3, -0.25) is 10.1 Å². The highest BCUT2D eigenvalue weighted by atomic mass is 16.6. The molecule has 0 saturated heterocycles. The lowest BCUT2D eigenvalue weighted by Crippen LogP contribution is -2.17. The maximum absolute atomic E-state index is 10.5. The minimum atomic E-state index is -0.599. The van der Waals surface area contributed by atoms with Gasteiger partial charge in [0.1, 0.15) is 0 Å². The van der Waals surface area contributed by atoms with Crippen molar-refractivity contribution in [2.24, 2.45) is 0 Å². The van der Waals surface area contributed by atoms with Crippen LogP contribution in [0.15, 0.2) is 18.2 Å². The van der Waals surface area contributed by atoms with Gasteiger partial charge < -0.3 is 9.47 Å². The van der Waals surface area contributed by atoms with Gasteiger partial charge in [-0.15, -0.1) is 0 Å². The van der Waals surface area contributed by atoms with E-state index in [4.69, 9.17) is 9.47 Å². The third-order valence-electron chi connectivity index (χ3n) is 2.34. The molecular weight excluding hydrogens is 210 g/mol. The Kier molecular flexibility index (Phi) is 4.10. The summed E-state index contributed by atoms with van der Waals surface area (Å²) >= 11 is 0. The molecule has 0 unspecified atom stereocenters.